The van der Waals surface area contributed by atoms with Crippen molar-refractivity contribution in [3.8, 4) is 5.75 Å². The van der Waals surface area contributed by atoms with Crippen LogP contribution in [-0.2, 0) is 9.59 Å². The minimum atomic E-state index is -0.890. The molecule has 1 aliphatic heterocycles. The second kappa shape index (κ2) is 7.66. The molecule has 3 rings (SSSR count). The van der Waals surface area contributed by atoms with Gasteiger partial charge in [-0.25, -0.2) is 0 Å². The molecule has 1 saturated heterocycles. The van der Waals surface area contributed by atoms with Gasteiger partial charge >= 0.3 is 0 Å². The molecule has 1 heterocycles. The standard InChI is InChI=1S/C20H29N3O3/c1-4-22-11-13-23(14-12-22)19(25)20(9-10-20)18(24)21-16-7-5-6-8-17(16)26-15(2)3/h5-8,15H,4,9-14H2,1-3H3,(H,21,24). The Balaban J connectivity index is 1.67. The number of rotatable bonds is 6. The quantitative estimate of drug-likeness (QED) is 0.792. The average Bonchev–Trinajstić information content (AvgIpc) is 3.44. The predicted molar refractivity (Wildman–Crippen MR) is 101 cm³/mol. The van der Waals surface area contributed by atoms with Crippen LogP contribution in [0.3, 0.4) is 0 Å². The molecule has 1 aromatic rings. The third kappa shape index (κ3) is 3.85. The van der Waals surface area contributed by atoms with E-state index < -0.39 is 5.41 Å². The zero-order chi connectivity index (χ0) is 18.7. The van der Waals surface area contributed by atoms with Gasteiger partial charge in [-0.1, -0.05) is 19.1 Å². The van der Waals surface area contributed by atoms with Crippen LogP contribution in [0.15, 0.2) is 24.3 Å². The lowest BCUT2D eigenvalue weighted by Crippen LogP contribution is -2.52. The van der Waals surface area contributed by atoms with Crippen LogP contribution in [0.4, 0.5) is 5.69 Å². The van der Waals surface area contributed by atoms with Crippen LogP contribution < -0.4 is 10.1 Å². The maximum absolute atomic E-state index is 13.0. The van der Waals surface area contributed by atoms with Crippen LogP contribution in [-0.4, -0.2) is 60.4 Å². The summed E-state index contributed by atoms with van der Waals surface area (Å²) >= 11 is 0. The van der Waals surface area contributed by atoms with Crippen LogP contribution in [0.2, 0.25) is 0 Å². The summed E-state index contributed by atoms with van der Waals surface area (Å²) in [6.45, 7) is 10.2. The highest BCUT2D eigenvalue weighted by molar-refractivity contribution is 6.13. The first-order valence-electron chi connectivity index (χ1n) is 9.55. The summed E-state index contributed by atoms with van der Waals surface area (Å²) in [6, 6.07) is 7.38. The average molecular weight is 359 g/mol. The van der Waals surface area contributed by atoms with Gasteiger partial charge in [0.2, 0.25) is 11.8 Å². The number of piperazine rings is 1. The number of hydrogen-bond acceptors (Lipinski definition) is 4. The van der Waals surface area contributed by atoms with Crippen LogP contribution in [0, 0.1) is 5.41 Å². The lowest BCUT2D eigenvalue weighted by atomic mass is 10.0. The molecule has 2 amide bonds. The number of likely N-dealkylation sites (N-methyl/N-ethyl adjacent to an activating group) is 1. The van der Waals surface area contributed by atoms with E-state index in [-0.39, 0.29) is 17.9 Å². The van der Waals surface area contributed by atoms with E-state index in [1.54, 1.807) is 0 Å². The van der Waals surface area contributed by atoms with Crippen molar-refractivity contribution in [3.63, 3.8) is 0 Å². The molecular weight excluding hydrogens is 330 g/mol. The van der Waals surface area contributed by atoms with Gasteiger partial charge in [0.1, 0.15) is 11.2 Å². The molecule has 1 aromatic carbocycles. The van der Waals surface area contributed by atoms with Gasteiger partial charge in [0.25, 0.3) is 0 Å². The summed E-state index contributed by atoms with van der Waals surface area (Å²) in [4.78, 5) is 30.1. The molecule has 2 aliphatic rings. The minimum absolute atomic E-state index is 0.0134. The Labute approximate surface area is 155 Å². The number of anilines is 1. The molecule has 0 radical (unpaired) electrons. The number of nitrogens with one attached hydrogen (secondary N) is 1. The van der Waals surface area contributed by atoms with E-state index in [4.69, 9.17) is 4.74 Å². The van der Waals surface area contributed by atoms with Gasteiger partial charge < -0.3 is 19.9 Å². The second-order valence-electron chi connectivity index (χ2n) is 7.43. The summed E-state index contributed by atoms with van der Waals surface area (Å²) in [7, 11) is 0. The van der Waals surface area contributed by atoms with E-state index in [9.17, 15) is 9.59 Å². The van der Waals surface area contributed by atoms with Crippen molar-refractivity contribution in [3.05, 3.63) is 24.3 Å². The van der Waals surface area contributed by atoms with Crippen molar-refractivity contribution in [1.29, 1.82) is 0 Å². The van der Waals surface area contributed by atoms with Gasteiger partial charge in [0.05, 0.1) is 11.8 Å². The number of nitrogens with zero attached hydrogens (tertiary/aromatic N) is 2. The first kappa shape index (κ1) is 18.7. The Morgan fingerprint density at radius 3 is 2.38 bits per heavy atom. The van der Waals surface area contributed by atoms with Crippen molar-refractivity contribution in [2.45, 2.75) is 39.7 Å². The van der Waals surface area contributed by atoms with Gasteiger partial charge in [-0.15, -0.1) is 0 Å². The van der Waals surface area contributed by atoms with Crippen molar-refractivity contribution in [2.75, 3.05) is 38.0 Å². The Hall–Kier alpha value is -2.08. The highest BCUT2D eigenvalue weighted by atomic mass is 16.5. The number of benzene rings is 1. The third-order valence-corrected chi connectivity index (χ3v) is 5.20. The minimum Gasteiger partial charge on any atom is -0.489 e. The van der Waals surface area contributed by atoms with Crippen molar-refractivity contribution in [1.82, 2.24) is 9.80 Å². The summed E-state index contributed by atoms with van der Waals surface area (Å²) in [5.41, 5.74) is -0.264. The number of carbonyl (C=O) groups excluding carboxylic acids is 2. The molecule has 142 valence electrons. The summed E-state index contributed by atoms with van der Waals surface area (Å²) in [6.07, 6.45) is 1.26. The first-order valence-corrected chi connectivity index (χ1v) is 9.55. The Bertz CT molecular complexity index is 662. The lowest BCUT2D eigenvalue weighted by Gasteiger charge is -2.35. The monoisotopic (exact) mass is 359 g/mol. The van der Waals surface area contributed by atoms with Gasteiger partial charge in [-0.05, 0) is 45.4 Å². The molecule has 1 aliphatic carbocycles. The number of carbonyl (C=O) groups is 2. The molecule has 0 spiro atoms. The topological polar surface area (TPSA) is 61.9 Å². The Morgan fingerprint density at radius 2 is 1.81 bits per heavy atom. The van der Waals surface area contributed by atoms with Crippen molar-refractivity contribution < 1.29 is 14.3 Å². The Morgan fingerprint density at radius 1 is 1.15 bits per heavy atom. The molecule has 0 bridgehead atoms. The van der Waals surface area contributed by atoms with Crippen LogP contribution in [0.5, 0.6) is 5.75 Å². The fourth-order valence-electron chi connectivity index (χ4n) is 3.40. The highest BCUT2D eigenvalue weighted by Gasteiger charge is 2.58. The maximum atomic E-state index is 13.0. The maximum Gasteiger partial charge on any atom is 0.240 e. The lowest BCUT2D eigenvalue weighted by molar-refractivity contribution is -0.143. The second-order valence-corrected chi connectivity index (χ2v) is 7.43. The number of amides is 2. The van der Waals surface area contributed by atoms with Crippen molar-refractivity contribution >= 4 is 17.5 Å². The summed E-state index contributed by atoms with van der Waals surface area (Å²) in [5.74, 6) is 0.406. The molecule has 26 heavy (non-hydrogen) atoms. The SMILES string of the molecule is CCN1CCN(C(=O)C2(C(=O)Nc3ccccc3OC(C)C)CC2)CC1. The predicted octanol–water partition coefficient (Wildman–Crippen LogP) is 2.36. The zero-order valence-electron chi connectivity index (χ0n) is 16.0. The number of ether oxygens (including phenoxy) is 1. The molecule has 6 nitrogen and oxygen atoms in total. The smallest absolute Gasteiger partial charge is 0.240 e. The van der Waals surface area contributed by atoms with Gasteiger partial charge in [-0.2, -0.15) is 0 Å². The zero-order valence-corrected chi connectivity index (χ0v) is 16.0. The normalized spacial score (nSPS) is 19.3. The van der Waals surface area contributed by atoms with E-state index in [0.717, 1.165) is 19.6 Å². The number of hydrogen-bond donors (Lipinski definition) is 1. The highest BCUT2D eigenvalue weighted by Crippen LogP contribution is 2.48. The molecule has 0 unspecified atom stereocenters. The van der Waals surface area contributed by atoms with Gasteiger partial charge in [-0.3, -0.25) is 9.59 Å². The molecule has 1 saturated carbocycles. The van der Waals surface area contributed by atoms with E-state index in [1.807, 2.05) is 43.0 Å². The molecule has 0 atom stereocenters. The fourth-order valence-corrected chi connectivity index (χ4v) is 3.40. The summed E-state index contributed by atoms with van der Waals surface area (Å²) < 4.78 is 5.76. The summed E-state index contributed by atoms with van der Waals surface area (Å²) in [5, 5.41) is 2.94. The van der Waals surface area contributed by atoms with Crippen LogP contribution in [0.25, 0.3) is 0 Å². The third-order valence-electron chi connectivity index (χ3n) is 5.20. The van der Waals surface area contributed by atoms with Gasteiger partial charge in [0.15, 0.2) is 0 Å². The van der Waals surface area contributed by atoms with E-state index in [0.29, 0.717) is 37.4 Å². The van der Waals surface area contributed by atoms with E-state index >= 15 is 0 Å². The Kier molecular flexibility index (Phi) is 5.51. The first-order chi connectivity index (χ1) is 12.5. The largest absolute Gasteiger partial charge is 0.489 e. The fraction of sp³-hybridized carbons (Fsp3) is 0.600. The van der Waals surface area contributed by atoms with Crippen molar-refractivity contribution in [2.24, 2.45) is 5.41 Å². The van der Waals surface area contributed by atoms with Crippen LogP contribution >= 0.6 is 0 Å². The van der Waals surface area contributed by atoms with E-state index in [2.05, 4.69) is 17.1 Å². The van der Waals surface area contributed by atoms with Crippen LogP contribution in [0.1, 0.15) is 33.6 Å². The molecule has 2 fully saturated rings. The van der Waals surface area contributed by atoms with Gasteiger partial charge in [0, 0.05) is 26.2 Å². The molecular formula is C20H29N3O3. The molecule has 6 heteroatoms. The molecule has 1 N–H and O–H groups in total. The molecule has 0 aromatic heterocycles. The number of para-hydroxylation sites is 2. The van der Waals surface area contributed by atoms with E-state index in [1.165, 1.54) is 0 Å².